The highest BCUT2D eigenvalue weighted by Gasteiger charge is 2.48. The Morgan fingerprint density at radius 3 is 2.46 bits per heavy atom. The van der Waals surface area contributed by atoms with Crippen LogP contribution >= 0.6 is 11.3 Å². The molecule has 2 aromatic heterocycles. The van der Waals surface area contributed by atoms with Crippen molar-refractivity contribution in [2.24, 2.45) is 28.8 Å². The molecule has 3 fully saturated rings. The zero-order valence-corrected chi connectivity index (χ0v) is 43.1. The van der Waals surface area contributed by atoms with Crippen LogP contribution in [0, 0.1) is 23.7 Å². The van der Waals surface area contributed by atoms with Gasteiger partial charge in [-0.2, -0.15) is 0 Å². The van der Waals surface area contributed by atoms with Crippen molar-refractivity contribution in [2.45, 2.75) is 153 Å². The molecule has 18 heteroatoms. The predicted octanol–water partition coefficient (Wildman–Crippen LogP) is 5.53. The molecule has 4 aliphatic rings. The van der Waals surface area contributed by atoms with Crippen molar-refractivity contribution in [3.8, 4) is 11.3 Å². The third-order valence-electron chi connectivity index (χ3n) is 14.2. The van der Waals surface area contributed by atoms with Gasteiger partial charge in [-0.1, -0.05) is 49.7 Å². The normalized spacial score (nSPS) is 37.3. The fourth-order valence-electron chi connectivity index (χ4n) is 10.2. The average Bonchev–Trinajstić information content (AvgIpc) is 3.81. The van der Waals surface area contributed by atoms with Gasteiger partial charge in [0.05, 0.1) is 79.5 Å². The van der Waals surface area contributed by atoms with Gasteiger partial charge in [0, 0.05) is 50.3 Å². The van der Waals surface area contributed by atoms with Crippen molar-refractivity contribution < 1.29 is 67.6 Å². The van der Waals surface area contributed by atoms with Crippen LogP contribution in [0.15, 0.2) is 64.8 Å². The van der Waals surface area contributed by atoms with Crippen molar-refractivity contribution in [1.29, 1.82) is 0 Å². The van der Waals surface area contributed by atoms with Crippen LogP contribution in [0.1, 0.15) is 78.0 Å². The highest BCUT2D eigenvalue weighted by Crippen LogP contribution is 2.36. The van der Waals surface area contributed by atoms with E-state index in [4.69, 9.17) is 42.7 Å². The molecular weight excluding hydrogens is 923 g/mol. The highest BCUT2D eigenvalue weighted by molar-refractivity contribution is 7.10. The van der Waals surface area contributed by atoms with E-state index in [0.29, 0.717) is 37.8 Å². The molecule has 3 aliphatic heterocycles. The minimum atomic E-state index is -1.25. The largest absolute Gasteiger partial charge is 0.462 e. The van der Waals surface area contributed by atoms with Crippen molar-refractivity contribution in [3.05, 3.63) is 64.5 Å². The Morgan fingerprint density at radius 2 is 1.74 bits per heavy atom. The number of allylic oxidation sites excluding steroid dienone is 3. The van der Waals surface area contributed by atoms with Crippen LogP contribution in [0.4, 0.5) is 0 Å². The Labute approximate surface area is 417 Å². The molecule has 1 unspecified atom stereocenters. The van der Waals surface area contributed by atoms with E-state index in [1.807, 2.05) is 63.4 Å². The molecule has 2 bridgehead atoms. The smallest absolute Gasteiger partial charge is 0.308 e. The number of aromatic nitrogens is 1. The molecule has 390 valence electrons. The van der Waals surface area contributed by atoms with Crippen molar-refractivity contribution in [3.63, 3.8) is 0 Å². The quantitative estimate of drug-likeness (QED) is 0.167. The van der Waals surface area contributed by atoms with Crippen LogP contribution in [0.3, 0.4) is 0 Å². The summed E-state index contributed by atoms with van der Waals surface area (Å²) in [6.07, 6.45) is 0.672. The minimum Gasteiger partial charge on any atom is -0.462 e. The summed E-state index contributed by atoms with van der Waals surface area (Å²) in [5.41, 5.74) is 3.03. The molecule has 1 saturated carbocycles. The number of fused-ring (bicyclic) bond motifs is 3. The third-order valence-corrected chi connectivity index (χ3v) is 15.1. The molecule has 0 spiro atoms. The number of nitrogens with zero attached hydrogens (tertiary/aromatic N) is 3. The van der Waals surface area contributed by atoms with E-state index in [1.54, 1.807) is 51.4 Å². The van der Waals surface area contributed by atoms with E-state index in [2.05, 4.69) is 10.1 Å². The number of likely N-dealkylation sites (N-methyl/N-ethyl adjacent to an activating group) is 1. The van der Waals surface area contributed by atoms with E-state index in [1.165, 1.54) is 18.4 Å². The highest BCUT2D eigenvalue weighted by atomic mass is 32.1. The Morgan fingerprint density at radius 1 is 0.957 bits per heavy atom. The van der Waals surface area contributed by atoms with Gasteiger partial charge in [-0.15, -0.1) is 11.3 Å². The lowest BCUT2D eigenvalue weighted by atomic mass is 9.79. The van der Waals surface area contributed by atoms with Gasteiger partial charge in [-0.05, 0) is 95.6 Å². The van der Waals surface area contributed by atoms with Gasteiger partial charge in [-0.3, -0.25) is 14.6 Å². The van der Waals surface area contributed by atoms with Crippen molar-refractivity contribution in [1.82, 2.24) is 9.88 Å². The number of pyridine rings is 1. The zero-order chi connectivity index (χ0) is 50.5. The average molecular weight is 1000 g/mol. The molecule has 16 atom stereocenters. The number of thiophene rings is 1. The van der Waals surface area contributed by atoms with Gasteiger partial charge in [0.15, 0.2) is 18.7 Å². The van der Waals surface area contributed by atoms with E-state index < -0.39 is 97.1 Å². The number of hydrogen-bond acceptors (Lipinski definition) is 18. The topological polar surface area (TPSA) is 206 Å². The van der Waals surface area contributed by atoms with E-state index in [0.717, 1.165) is 21.7 Å². The number of hydrogen-bond donors (Lipinski definition) is 3. The summed E-state index contributed by atoms with van der Waals surface area (Å²) in [5, 5.41) is 40.0. The van der Waals surface area contributed by atoms with Crippen LogP contribution in [0.25, 0.3) is 11.3 Å². The molecule has 6 rings (SSSR count). The first-order valence-corrected chi connectivity index (χ1v) is 25.6. The Bertz CT molecular complexity index is 2030. The van der Waals surface area contributed by atoms with E-state index >= 15 is 0 Å². The fourth-order valence-corrected chi connectivity index (χ4v) is 11.0. The van der Waals surface area contributed by atoms with Crippen LogP contribution in [-0.4, -0.2) is 171 Å². The first kappa shape index (κ1) is 55.8. The SMILES string of the molecule is CC[C@H]1OC(=O)C[C@H]2OC/C(=N/OCc3sccc3-c3ccccn3)COCCC(C[C@@H](C)C(=O)/C=C/C(C)=C/[C@@H]1CO[C@@H]1CC[C@@H](O)[C@@H](OC)[C@H]1OC)[C@H](O[C@@H]1O[C@H](C)[C@@H](O)[C@H](N(C)C)[C@H]1O)[C@H]2C. The van der Waals surface area contributed by atoms with Gasteiger partial charge < -0.3 is 63.0 Å². The first-order chi connectivity index (χ1) is 33.6. The number of carbonyl (C=O) groups is 2. The minimum absolute atomic E-state index is 0.0554. The number of aliphatic hydroxyl groups is 3. The third kappa shape index (κ3) is 14.6. The lowest BCUT2D eigenvalue weighted by molar-refractivity contribution is -0.305. The molecule has 0 amide bonds. The summed E-state index contributed by atoms with van der Waals surface area (Å²) in [4.78, 5) is 41.8. The second-order valence-electron chi connectivity index (χ2n) is 19.5. The maximum absolute atomic E-state index is 14.5. The molecule has 2 saturated heterocycles. The van der Waals surface area contributed by atoms with Crippen LogP contribution < -0.4 is 0 Å². The van der Waals surface area contributed by atoms with Crippen LogP contribution in [-0.2, 0) is 58.9 Å². The number of rotatable bonds is 13. The maximum Gasteiger partial charge on any atom is 0.308 e. The molecule has 2 aromatic rings. The monoisotopic (exact) mass is 1000 g/mol. The molecule has 0 aromatic carbocycles. The summed E-state index contributed by atoms with van der Waals surface area (Å²) in [7, 11) is 6.66. The lowest BCUT2D eigenvalue weighted by Gasteiger charge is -2.47. The summed E-state index contributed by atoms with van der Waals surface area (Å²) >= 11 is 1.54. The van der Waals surface area contributed by atoms with Gasteiger partial charge in [0.2, 0.25) is 0 Å². The number of methoxy groups -OCH3 is 2. The Hall–Kier alpha value is -3.50. The van der Waals surface area contributed by atoms with Crippen molar-refractivity contribution >= 4 is 28.8 Å². The van der Waals surface area contributed by atoms with E-state index in [9.17, 15) is 24.9 Å². The Kier molecular flexibility index (Phi) is 21.5. The van der Waals surface area contributed by atoms with Crippen LogP contribution in [0.2, 0.25) is 0 Å². The van der Waals surface area contributed by atoms with E-state index in [-0.39, 0.29) is 51.2 Å². The number of ketones is 1. The Balaban J connectivity index is 1.33. The summed E-state index contributed by atoms with van der Waals surface area (Å²) in [6, 6.07) is 7.04. The predicted molar refractivity (Wildman–Crippen MR) is 263 cm³/mol. The van der Waals surface area contributed by atoms with Gasteiger partial charge in [-0.25, -0.2) is 0 Å². The summed E-state index contributed by atoms with van der Waals surface area (Å²) < 4.78 is 50.5. The number of oxime groups is 1. The number of carbonyl (C=O) groups excluding carboxylic acids is 2. The second kappa shape index (κ2) is 27.0. The van der Waals surface area contributed by atoms with Crippen molar-refractivity contribution in [2.75, 3.05) is 54.7 Å². The molecule has 17 nitrogen and oxygen atoms in total. The zero-order valence-electron chi connectivity index (χ0n) is 42.3. The van der Waals surface area contributed by atoms with Gasteiger partial charge >= 0.3 is 5.97 Å². The number of esters is 1. The molecule has 1 aliphatic carbocycles. The molecule has 3 N–H and O–H groups in total. The summed E-state index contributed by atoms with van der Waals surface area (Å²) in [5.74, 6) is -2.41. The van der Waals surface area contributed by atoms with Gasteiger partial charge in [0.25, 0.3) is 0 Å². The molecule has 70 heavy (non-hydrogen) atoms. The fraction of sp³-hybridized carbons (Fsp3) is 0.692. The van der Waals surface area contributed by atoms with Gasteiger partial charge in [0.1, 0.15) is 30.1 Å². The molecule has 5 heterocycles. The lowest BCUT2D eigenvalue weighted by Crippen LogP contribution is -2.63. The second-order valence-corrected chi connectivity index (χ2v) is 20.5. The maximum atomic E-state index is 14.5. The standard InChI is InChI=1S/C52H77N3O14S/c1-10-41-35(26-64-42-17-16-40(57)50(61-8)51(42)62-9)23-30(2)14-15-39(56)31(3)24-34-18-21-63-27-36(54-66-29-44-37(19-22-70-44)38-13-11-12-20-53-38)28-65-43(25-45(58)68-41)32(4)49(34)69-52-48(60)46(55(6)7)47(59)33(5)67-52/h11-15,19-20,22-23,31-35,40-43,46-52,57,59-60H,10,16-18,21,24-29H2,1-9H3/b15-14+,30-23+,54-36+/t31-,32+,33-,34?,35-,40-,41-,42-,43-,46+,47-,48-,49-,50-,51+,52+/m1/s1. The summed E-state index contributed by atoms with van der Waals surface area (Å²) in [6.45, 7) is 10.0. The first-order valence-electron chi connectivity index (χ1n) is 24.8. The number of aliphatic hydroxyl groups excluding tert-OH is 3. The number of ether oxygens (including phenoxy) is 8. The van der Waals surface area contributed by atoms with Crippen LogP contribution in [0.5, 0.6) is 0 Å². The number of cyclic esters (lactones) is 1. The molecular formula is C52H77N3O14S. The molecule has 0 radical (unpaired) electrons.